The molecule has 7 nitrogen and oxygen atoms in total. The van der Waals surface area contributed by atoms with Crippen molar-refractivity contribution >= 4 is 40.0 Å². The number of benzene rings is 1. The summed E-state index contributed by atoms with van der Waals surface area (Å²) in [5.74, 6) is -2.90. The van der Waals surface area contributed by atoms with Crippen LogP contribution in [0.5, 0.6) is 0 Å². The Bertz CT molecular complexity index is 807. The van der Waals surface area contributed by atoms with Gasteiger partial charge in [-0.3, -0.25) is 14.9 Å². The molecule has 0 unspecified atom stereocenters. The summed E-state index contributed by atoms with van der Waals surface area (Å²) >= 11 is 2.17. The lowest BCUT2D eigenvalue weighted by Crippen LogP contribution is -2.32. The number of amides is 2. The maximum absolute atomic E-state index is 13.6. The van der Waals surface area contributed by atoms with E-state index in [1.54, 1.807) is 0 Å². The van der Waals surface area contributed by atoms with Crippen molar-refractivity contribution in [3.05, 3.63) is 35.4 Å². The first-order valence-electron chi connectivity index (χ1n) is 8.13. The van der Waals surface area contributed by atoms with Gasteiger partial charge in [-0.15, -0.1) is 10.2 Å². The topological polar surface area (TPSA) is 93.2 Å². The van der Waals surface area contributed by atoms with Gasteiger partial charge in [-0.25, -0.2) is 8.78 Å². The molecule has 2 heterocycles. The molecule has 2 aromatic rings. The van der Waals surface area contributed by atoms with Gasteiger partial charge in [0.05, 0.1) is 11.9 Å². The maximum Gasteiger partial charge on any atom is 0.263 e. The van der Waals surface area contributed by atoms with Gasteiger partial charge in [0.15, 0.2) is 4.34 Å². The van der Waals surface area contributed by atoms with Crippen LogP contribution in [0.25, 0.3) is 0 Å². The third-order valence-corrected chi connectivity index (χ3v) is 5.67. The van der Waals surface area contributed by atoms with E-state index in [2.05, 4.69) is 20.8 Å². The minimum Gasteiger partial charge on any atom is -0.376 e. The molecule has 0 bridgehead atoms. The average Bonchev–Trinajstić information content (AvgIpc) is 3.30. The van der Waals surface area contributed by atoms with Crippen LogP contribution in [0, 0.1) is 11.6 Å². The van der Waals surface area contributed by atoms with Crippen LogP contribution in [0.3, 0.4) is 0 Å². The van der Waals surface area contributed by atoms with Gasteiger partial charge in [0.1, 0.15) is 17.2 Å². The molecule has 144 valence electrons. The Kier molecular flexibility index (Phi) is 6.69. The first-order valence-corrected chi connectivity index (χ1v) is 9.93. The van der Waals surface area contributed by atoms with Crippen molar-refractivity contribution in [1.82, 2.24) is 15.5 Å². The standard InChI is InChI=1S/C16H16F2N4O3S2/c17-10-4-1-5-11(18)13(10)14(24)20-15-21-22-16(27-15)26-8-12(23)19-7-9-3-2-6-25-9/h1,4-5,9H,2-3,6-8H2,(H,19,23)(H,20,21,24)/t9-/m0/s1. The lowest BCUT2D eigenvalue weighted by atomic mass is 10.2. The number of rotatable bonds is 7. The number of carbonyl (C=O) groups excluding carboxylic acids is 2. The molecule has 1 aliphatic heterocycles. The van der Waals surface area contributed by atoms with Crippen molar-refractivity contribution in [2.45, 2.75) is 23.3 Å². The lowest BCUT2D eigenvalue weighted by Gasteiger charge is -2.09. The van der Waals surface area contributed by atoms with Gasteiger partial charge in [0.2, 0.25) is 11.0 Å². The number of anilines is 1. The van der Waals surface area contributed by atoms with E-state index < -0.39 is 23.1 Å². The molecule has 11 heteroatoms. The van der Waals surface area contributed by atoms with Gasteiger partial charge >= 0.3 is 0 Å². The number of thioether (sulfide) groups is 1. The Morgan fingerprint density at radius 2 is 2.07 bits per heavy atom. The van der Waals surface area contributed by atoms with Crippen LogP contribution < -0.4 is 10.6 Å². The van der Waals surface area contributed by atoms with Crippen molar-refractivity contribution in [3.8, 4) is 0 Å². The highest BCUT2D eigenvalue weighted by Crippen LogP contribution is 2.26. The third kappa shape index (κ3) is 5.44. The molecule has 1 fully saturated rings. The van der Waals surface area contributed by atoms with Crippen LogP contribution in [0.1, 0.15) is 23.2 Å². The molecule has 1 aromatic carbocycles. The Morgan fingerprint density at radius 3 is 2.78 bits per heavy atom. The number of ether oxygens (including phenoxy) is 1. The molecule has 0 radical (unpaired) electrons. The Hall–Kier alpha value is -2.11. The quantitative estimate of drug-likeness (QED) is 0.534. The summed E-state index contributed by atoms with van der Waals surface area (Å²) in [6.45, 7) is 1.20. The normalized spacial score (nSPS) is 16.3. The second-order valence-electron chi connectivity index (χ2n) is 5.65. The van der Waals surface area contributed by atoms with E-state index in [0.717, 1.165) is 54.7 Å². The number of nitrogens with one attached hydrogen (secondary N) is 2. The summed E-state index contributed by atoms with van der Waals surface area (Å²) < 4.78 is 33.1. The molecule has 0 aliphatic carbocycles. The number of nitrogens with zero attached hydrogens (tertiary/aromatic N) is 2. The smallest absolute Gasteiger partial charge is 0.263 e. The van der Waals surface area contributed by atoms with E-state index in [-0.39, 0.29) is 22.9 Å². The molecule has 2 amide bonds. The summed E-state index contributed by atoms with van der Waals surface area (Å²) in [7, 11) is 0. The predicted octanol–water partition coefficient (Wildman–Crippen LogP) is 2.46. The van der Waals surface area contributed by atoms with Crippen LogP contribution >= 0.6 is 23.1 Å². The average molecular weight is 414 g/mol. The van der Waals surface area contributed by atoms with Gasteiger partial charge in [-0.05, 0) is 25.0 Å². The Balaban J connectivity index is 1.48. The number of hydrogen-bond acceptors (Lipinski definition) is 7. The van der Waals surface area contributed by atoms with Crippen molar-refractivity contribution in [2.24, 2.45) is 0 Å². The SMILES string of the molecule is O=C(CSc1nnc(NC(=O)c2c(F)cccc2F)s1)NC[C@@H]1CCCO1. The first-order chi connectivity index (χ1) is 13.0. The minimum absolute atomic E-state index is 0.0704. The molecule has 1 atom stereocenters. The number of hydrogen-bond donors (Lipinski definition) is 2. The zero-order valence-electron chi connectivity index (χ0n) is 14.0. The Labute approximate surface area is 161 Å². The van der Waals surface area contributed by atoms with Gasteiger partial charge in [-0.2, -0.15) is 0 Å². The van der Waals surface area contributed by atoms with E-state index in [4.69, 9.17) is 4.74 Å². The van der Waals surface area contributed by atoms with Gasteiger partial charge in [0.25, 0.3) is 5.91 Å². The van der Waals surface area contributed by atoms with Crippen molar-refractivity contribution in [2.75, 3.05) is 24.2 Å². The fraction of sp³-hybridized carbons (Fsp3) is 0.375. The molecular formula is C16H16F2N4O3S2. The molecule has 0 spiro atoms. The van der Waals surface area contributed by atoms with Gasteiger partial charge in [0, 0.05) is 13.2 Å². The molecule has 3 rings (SSSR count). The van der Waals surface area contributed by atoms with Crippen molar-refractivity contribution < 1.29 is 23.1 Å². The third-order valence-electron chi connectivity index (χ3n) is 3.69. The minimum atomic E-state index is -0.963. The Morgan fingerprint density at radius 1 is 1.30 bits per heavy atom. The van der Waals surface area contributed by atoms with E-state index in [1.807, 2.05) is 0 Å². The monoisotopic (exact) mass is 414 g/mol. The molecule has 1 aromatic heterocycles. The lowest BCUT2D eigenvalue weighted by molar-refractivity contribution is -0.119. The highest BCUT2D eigenvalue weighted by atomic mass is 32.2. The summed E-state index contributed by atoms with van der Waals surface area (Å²) in [5.41, 5.74) is -0.685. The van der Waals surface area contributed by atoms with E-state index >= 15 is 0 Å². The molecule has 2 N–H and O–H groups in total. The first kappa shape index (κ1) is 19.6. The molecule has 0 saturated carbocycles. The van der Waals surface area contributed by atoms with Crippen LogP contribution in [0.2, 0.25) is 0 Å². The zero-order chi connectivity index (χ0) is 19.2. The molecule has 1 aliphatic rings. The predicted molar refractivity (Wildman–Crippen MR) is 96.9 cm³/mol. The van der Waals surface area contributed by atoms with Crippen molar-refractivity contribution in [1.29, 1.82) is 0 Å². The van der Waals surface area contributed by atoms with E-state index in [9.17, 15) is 18.4 Å². The number of aromatic nitrogens is 2. The van der Waals surface area contributed by atoms with Crippen molar-refractivity contribution in [3.63, 3.8) is 0 Å². The second kappa shape index (κ2) is 9.20. The van der Waals surface area contributed by atoms with E-state index in [0.29, 0.717) is 10.9 Å². The van der Waals surface area contributed by atoms with Crippen LogP contribution in [-0.2, 0) is 9.53 Å². The summed E-state index contributed by atoms with van der Waals surface area (Å²) in [4.78, 5) is 23.8. The fourth-order valence-corrected chi connectivity index (χ4v) is 3.98. The summed E-state index contributed by atoms with van der Waals surface area (Å²) in [6.07, 6.45) is 2.02. The van der Waals surface area contributed by atoms with Crippen LogP contribution in [0.4, 0.5) is 13.9 Å². The highest BCUT2D eigenvalue weighted by molar-refractivity contribution is 8.01. The van der Waals surface area contributed by atoms with E-state index in [1.165, 1.54) is 6.07 Å². The largest absolute Gasteiger partial charge is 0.376 e. The van der Waals surface area contributed by atoms with Gasteiger partial charge < -0.3 is 10.1 Å². The van der Waals surface area contributed by atoms with Gasteiger partial charge in [-0.1, -0.05) is 29.2 Å². The molecular weight excluding hydrogens is 398 g/mol. The summed E-state index contributed by atoms with van der Waals surface area (Å²) in [5, 5.41) is 12.8. The fourth-order valence-electron chi connectivity index (χ4n) is 2.40. The molecule has 1 saturated heterocycles. The number of carbonyl (C=O) groups is 2. The summed E-state index contributed by atoms with van der Waals surface area (Å²) in [6, 6.07) is 3.16. The zero-order valence-corrected chi connectivity index (χ0v) is 15.7. The molecule has 27 heavy (non-hydrogen) atoms. The maximum atomic E-state index is 13.6. The van der Waals surface area contributed by atoms with Crippen LogP contribution in [0.15, 0.2) is 22.5 Å². The second-order valence-corrected chi connectivity index (χ2v) is 7.85. The highest BCUT2D eigenvalue weighted by Gasteiger charge is 2.19. The number of halogens is 2. The van der Waals surface area contributed by atoms with Crippen LogP contribution in [-0.4, -0.2) is 47.0 Å².